The lowest BCUT2D eigenvalue weighted by atomic mass is 9.91. The summed E-state index contributed by atoms with van der Waals surface area (Å²) < 4.78 is 47.5. The van der Waals surface area contributed by atoms with Gasteiger partial charge in [-0.2, -0.15) is 13.2 Å². The summed E-state index contributed by atoms with van der Waals surface area (Å²) in [5.41, 5.74) is -0.651. The lowest BCUT2D eigenvalue weighted by molar-refractivity contribution is -0.139. The summed E-state index contributed by atoms with van der Waals surface area (Å²) >= 11 is 0. The summed E-state index contributed by atoms with van der Waals surface area (Å²) in [4.78, 5) is 29.8. The van der Waals surface area contributed by atoms with Crippen LogP contribution in [-0.2, 0) is 12.7 Å². The molecule has 3 rings (SSSR count). The summed E-state index contributed by atoms with van der Waals surface area (Å²) in [6, 6.07) is 5.16. The largest absolute Gasteiger partial charge is 0.491 e. The van der Waals surface area contributed by atoms with Crippen molar-refractivity contribution in [3.8, 4) is 16.9 Å². The van der Waals surface area contributed by atoms with Gasteiger partial charge in [0.1, 0.15) is 12.4 Å². The topological polar surface area (TPSA) is 91.8 Å². The molecule has 0 bridgehead atoms. The van der Waals surface area contributed by atoms with Crippen molar-refractivity contribution >= 4 is 12.0 Å². The van der Waals surface area contributed by atoms with Crippen LogP contribution in [0.4, 0.5) is 18.0 Å². The van der Waals surface area contributed by atoms with E-state index >= 15 is 0 Å². The van der Waals surface area contributed by atoms with Crippen molar-refractivity contribution in [3.05, 3.63) is 47.3 Å². The second kappa shape index (κ2) is 9.52. The number of hydrogen-bond acceptors (Lipinski definition) is 4. The number of rotatable bonds is 8. The van der Waals surface area contributed by atoms with E-state index < -0.39 is 29.1 Å². The fourth-order valence-corrected chi connectivity index (χ4v) is 4.36. The lowest BCUT2D eigenvalue weighted by Gasteiger charge is -2.31. The molecule has 1 aliphatic rings. The number of benzene rings is 1. The molecule has 7 nitrogen and oxygen atoms in total. The fourth-order valence-electron chi connectivity index (χ4n) is 4.36. The fraction of sp³-hybridized carbons (Fsp3) is 0.458. The number of aromatic nitrogens is 1. The van der Waals surface area contributed by atoms with Crippen molar-refractivity contribution in [1.29, 1.82) is 0 Å². The van der Waals surface area contributed by atoms with Gasteiger partial charge in [0.15, 0.2) is 0 Å². The Balaban J connectivity index is 1.98. The number of nitrogens with zero attached hydrogens (tertiary/aromatic N) is 2. The van der Waals surface area contributed by atoms with E-state index in [9.17, 15) is 22.8 Å². The molecule has 2 N–H and O–H groups in total. The maximum absolute atomic E-state index is 14.0. The van der Waals surface area contributed by atoms with Crippen LogP contribution < -0.4 is 10.1 Å². The minimum absolute atomic E-state index is 0.0823. The zero-order chi connectivity index (χ0) is 25.3. The molecule has 1 atom stereocenters. The minimum atomic E-state index is -4.73. The molecule has 0 saturated carbocycles. The van der Waals surface area contributed by atoms with E-state index in [-0.39, 0.29) is 24.0 Å². The molecule has 0 radical (unpaired) electrons. The average molecular weight is 479 g/mol. The minimum Gasteiger partial charge on any atom is -0.491 e. The van der Waals surface area contributed by atoms with Gasteiger partial charge in [0.05, 0.1) is 28.9 Å². The summed E-state index contributed by atoms with van der Waals surface area (Å²) in [6.45, 7) is 7.68. The number of amides is 2. The van der Waals surface area contributed by atoms with Crippen LogP contribution in [-0.4, -0.2) is 45.7 Å². The number of pyridine rings is 1. The Morgan fingerprint density at radius 3 is 2.59 bits per heavy atom. The zero-order valence-electron chi connectivity index (χ0n) is 19.5. The Labute approximate surface area is 195 Å². The van der Waals surface area contributed by atoms with E-state index in [0.717, 1.165) is 6.07 Å². The quantitative estimate of drug-likeness (QED) is 0.543. The third kappa shape index (κ3) is 5.43. The van der Waals surface area contributed by atoms with Crippen LogP contribution in [0.2, 0.25) is 0 Å². The maximum Gasteiger partial charge on any atom is 0.419 e. The van der Waals surface area contributed by atoms with Crippen LogP contribution in [0.25, 0.3) is 11.1 Å². The van der Waals surface area contributed by atoms with Gasteiger partial charge >= 0.3 is 12.3 Å². The monoisotopic (exact) mass is 479 g/mol. The number of fused-ring (bicyclic) bond motifs is 1. The normalized spacial score (nSPS) is 15.3. The summed E-state index contributed by atoms with van der Waals surface area (Å²) in [5.74, 6) is -0.594. The second-order valence-electron chi connectivity index (χ2n) is 9.09. The molecule has 0 fully saturated rings. The summed E-state index contributed by atoms with van der Waals surface area (Å²) in [5, 5.41) is 11.5. The van der Waals surface area contributed by atoms with Crippen molar-refractivity contribution in [1.82, 2.24) is 15.2 Å². The molecule has 1 aliphatic heterocycles. The molecule has 10 heteroatoms. The highest BCUT2D eigenvalue weighted by Gasteiger charge is 2.37. The van der Waals surface area contributed by atoms with E-state index in [1.807, 2.05) is 20.8 Å². The van der Waals surface area contributed by atoms with E-state index in [1.54, 1.807) is 11.8 Å². The molecule has 1 aromatic heterocycles. The van der Waals surface area contributed by atoms with Gasteiger partial charge in [-0.05, 0) is 55.5 Å². The number of carboxylic acid groups (broad SMARTS) is 1. The van der Waals surface area contributed by atoms with Crippen LogP contribution in [0.1, 0.15) is 55.7 Å². The lowest BCUT2D eigenvalue weighted by Crippen LogP contribution is -2.50. The standard InChI is InChI=1S/C24H28F3N3O4/c1-5-30-12-18-20(21(30)31)16(8-9-28-18)15-6-7-19(17(10-15)24(25,26)27)34-13-23(4,11-14(2)3)29-22(32)33/h6-10,14,29H,5,11-13H2,1-4H3,(H,32,33). The van der Waals surface area contributed by atoms with Crippen LogP contribution >= 0.6 is 0 Å². The molecule has 2 heterocycles. The average Bonchev–Trinajstić information content (AvgIpc) is 3.06. The molecule has 2 aromatic rings. The number of alkyl halides is 3. The van der Waals surface area contributed by atoms with Crippen molar-refractivity contribution in [3.63, 3.8) is 0 Å². The van der Waals surface area contributed by atoms with Crippen molar-refractivity contribution in [2.24, 2.45) is 5.92 Å². The predicted molar refractivity (Wildman–Crippen MR) is 120 cm³/mol. The number of carbonyl (C=O) groups is 2. The Hall–Kier alpha value is -3.30. The summed E-state index contributed by atoms with van der Waals surface area (Å²) in [7, 11) is 0. The van der Waals surface area contributed by atoms with E-state index in [2.05, 4.69) is 10.3 Å². The molecular formula is C24H28F3N3O4. The molecule has 2 amide bonds. The predicted octanol–water partition coefficient (Wildman–Crippen LogP) is 5.19. The van der Waals surface area contributed by atoms with Crippen LogP contribution in [0, 0.1) is 5.92 Å². The first kappa shape index (κ1) is 25.3. The first-order chi connectivity index (χ1) is 15.8. The molecule has 0 saturated heterocycles. The Morgan fingerprint density at radius 2 is 2.00 bits per heavy atom. The Bertz CT molecular complexity index is 1090. The van der Waals surface area contributed by atoms with Gasteiger partial charge in [-0.15, -0.1) is 0 Å². The highest BCUT2D eigenvalue weighted by Crippen LogP contribution is 2.40. The first-order valence-electron chi connectivity index (χ1n) is 11.0. The Morgan fingerprint density at radius 1 is 1.29 bits per heavy atom. The molecular weight excluding hydrogens is 451 g/mol. The van der Waals surface area contributed by atoms with Crippen LogP contribution in [0.15, 0.2) is 30.5 Å². The number of halogens is 3. The smallest absolute Gasteiger partial charge is 0.419 e. The number of hydrogen-bond donors (Lipinski definition) is 2. The number of ether oxygens (including phenoxy) is 1. The SMILES string of the molecule is CCN1Cc2nccc(-c3ccc(OCC(C)(CC(C)C)NC(=O)O)c(C(F)(F)F)c3)c2C1=O. The number of carbonyl (C=O) groups excluding carboxylic acids is 1. The highest BCUT2D eigenvalue weighted by atomic mass is 19.4. The van der Waals surface area contributed by atoms with Gasteiger partial charge in [-0.25, -0.2) is 4.79 Å². The summed E-state index contributed by atoms with van der Waals surface area (Å²) in [6.07, 6.45) is -4.16. The van der Waals surface area contributed by atoms with Gasteiger partial charge < -0.3 is 20.1 Å². The molecule has 1 unspecified atom stereocenters. The first-order valence-corrected chi connectivity index (χ1v) is 11.0. The van der Waals surface area contributed by atoms with Crippen molar-refractivity contribution in [2.75, 3.05) is 13.2 Å². The molecule has 1 aromatic carbocycles. The van der Waals surface area contributed by atoms with Gasteiger partial charge in [0.25, 0.3) is 5.91 Å². The van der Waals surface area contributed by atoms with E-state index in [0.29, 0.717) is 36.3 Å². The molecule has 0 spiro atoms. The third-order valence-corrected chi connectivity index (χ3v) is 5.66. The van der Waals surface area contributed by atoms with Gasteiger partial charge in [0.2, 0.25) is 0 Å². The molecule has 0 aliphatic carbocycles. The Kier molecular flexibility index (Phi) is 7.09. The van der Waals surface area contributed by atoms with E-state index in [1.165, 1.54) is 24.4 Å². The maximum atomic E-state index is 14.0. The van der Waals surface area contributed by atoms with Crippen molar-refractivity contribution in [2.45, 2.75) is 52.4 Å². The van der Waals surface area contributed by atoms with Crippen LogP contribution in [0.5, 0.6) is 5.75 Å². The van der Waals surface area contributed by atoms with Gasteiger partial charge in [-0.3, -0.25) is 9.78 Å². The number of nitrogens with one attached hydrogen (secondary N) is 1. The zero-order valence-corrected chi connectivity index (χ0v) is 19.5. The third-order valence-electron chi connectivity index (χ3n) is 5.66. The van der Waals surface area contributed by atoms with Gasteiger partial charge in [-0.1, -0.05) is 19.9 Å². The second-order valence-corrected chi connectivity index (χ2v) is 9.09. The van der Waals surface area contributed by atoms with Gasteiger partial charge in [0, 0.05) is 12.7 Å². The molecule has 34 heavy (non-hydrogen) atoms. The highest BCUT2D eigenvalue weighted by molar-refractivity contribution is 6.04. The van der Waals surface area contributed by atoms with Crippen molar-refractivity contribution < 1.29 is 32.6 Å². The van der Waals surface area contributed by atoms with Crippen LogP contribution in [0.3, 0.4) is 0 Å². The molecule has 184 valence electrons. The van der Waals surface area contributed by atoms with E-state index in [4.69, 9.17) is 9.84 Å².